The van der Waals surface area contributed by atoms with Gasteiger partial charge in [0.2, 0.25) is 0 Å². The molecule has 1 aliphatic rings. The van der Waals surface area contributed by atoms with Crippen LogP contribution in [0, 0.1) is 10.8 Å². The van der Waals surface area contributed by atoms with Gasteiger partial charge in [0.25, 0.3) is 0 Å². The van der Waals surface area contributed by atoms with Gasteiger partial charge >= 0.3 is 0 Å². The van der Waals surface area contributed by atoms with E-state index in [1.54, 1.807) is 6.33 Å². The Kier molecular flexibility index (Phi) is 4.36. The molecule has 1 aromatic heterocycles. The van der Waals surface area contributed by atoms with Crippen molar-refractivity contribution < 1.29 is 0 Å². The third-order valence-corrected chi connectivity index (χ3v) is 4.14. The van der Waals surface area contributed by atoms with E-state index in [-0.39, 0.29) is 0 Å². The van der Waals surface area contributed by atoms with Crippen LogP contribution in [0.1, 0.15) is 66.0 Å². The largest absolute Gasteiger partial charge is 0.367 e. The van der Waals surface area contributed by atoms with E-state index < -0.39 is 0 Å². The van der Waals surface area contributed by atoms with E-state index >= 15 is 0 Å². The third-order valence-electron chi connectivity index (χ3n) is 4.14. The maximum absolute atomic E-state index is 4.39. The molecule has 0 atom stereocenters. The van der Waals surface area contributed by atoms with Gasteiger partial charge in [0.05, 0.1) is 0 Å². The molecule has 0 unspecified atom stereocenters. The molecular formula is C17H29N3. The van der Waals surface area contributed by atoms with E-state index in [0.717, 1.165) is 24.4 Å². The van der Waals surface area contributed by atoms with Crippen LogP contribution in [0.3, 0.4) is 0 Å². The van der Waals surface area contributed by atoms with Crippen LogP contribution in [0.5, 0.6) is 0 Å². The van der Waals surface area contributed by atoms with Gasteiger partial charge in [-0.05, 0) is 36.5 Å². The van der Waals surface area contributed by atoms with E-state index in [2.05, 4.69) is 56.0 Å². The molecule has 0 spiro atoms. The fourth-order valence-corrected chi connectivity index (χ4v) is 4.03. The van der Waals surface area contributed by atoms with E-state index in [0.29, 0.717) is 16.9 Å². The third kappa shape index (κ3) is 4.19. The zero-order chi connectivity index (χ0) is 14.8. The van der Waals surface area contributed by atoms with Gasteiger partial charge in [-0.25, -0.2) is 9.97 Å². The van der Waals surface area contributed by atoms with Crippen molar-refractivity contribution in [2.75, 3.05) is 5.32 Å². The van der Waals surface area contributed by atoms with Crippen molar-refractivity contribution in [2.45, 2.75) is 72.8 Å². The van der Waals surface area contributed by atoms with E-state index in [1.807, 2.05) is 0 Å². The molecule has 0 bridgehead atoms. The van der Waals surface area contributed by atoms with Crippen LogP contribution in [0.15, 0.2) is 12.4 Å². The standard InChI is InChI=1S/C17H29N3/c1-6-7-13-8-15(19-12-18-13)20-14-9-16(2,3)11-17(4,5)10-14/h8,12,14H,6-7,9-11H2,1-5H3,(H,18,19,20). The van der Waals surface area contributed by atoms with Crippen molar-refractivity contribution in [3.8, 4) is 0 Å². The Hall–Kier alpha value is -1.12. The summed E-state index contributed by atoms with van der Waals surface area (Å²) in [5, 5.41) is 3.64. The molecule has 0 aromatic carbocycles. The number of aryl methyl sites for hydroxylation is 1. The van der Waals surface area contributed by atoms with Gasteiger partial charge < -0.3 is 5.32 Å². The Bertz CT molecular complexity index is 435. The first-order valence-corrected chi connectivity index (χ1v) is 7.87. The monoisotopic (exact) mass is 275 g/mol. The topological polar surface area (TPSA) is 37.8 Å². The predicted molar refractivity (Wildman–Crippen MR) is 84.9 cm³/mol. The maximum Gasteiger partial charge on any atom is 0.129 e. The van der Waals surface area contributed by atoms with Gasteiger partial charge in [-0.15, -0.1) is 0 Å². The summed E-state index contributed by atoms with van der Waals surface area (Å²) in [5.74, 6) is 0.988. The van der Waals surface area contributed by atoms with Gasteiger partial charge in [-0.1, -0.05) is 41.0 Å². The van der Waals surface area contributed by atoms with Crippen molar-refractivity contribution >= 4 is 5.82 Å². The normalized spacial score (nSPS) is 21.6. The Morgan fingerprint density at radius 2 is 1.80 bits per heavy atom. The molecule has 1 N–H and O–H groups in total. The zero-order valence-electron chi connectivity index (χ0n) is 13.7. The lowest BCUT2D eigenvalue weighted by Crippen LogP contribution is -2.40. The second-order valence-electron chi connectivity index (χ2n) is 7.90. The Morgan fingerprint density at radius 3 is 2.40 bits per heavy atom. The summed E-state index contributed by atoms with van der Waals surface area (Å²) in [7, 11) is 0. The molecule has 1 aromatic rings. The first kappa shape index (κ1) is 15.3. The van der Waals surface area contributed by atoms with E-state index in [4.69, 9.17) is 0 Å². The minimum Gasteiger partial charge on any atom is -0.367 e. The molecule has 1 aliphatic carbocycles. The van der Waals surface area contributed by atoms with Crippen molar-refractivity contribution in [1.82, 2.24) is 9.97 Å². The molecule has 3 heteroatoms. The summed E-state index contributed by atoms with van der Waals surface area (Å²) in [5.41, 5.74) is 1.94. The summed E-state index contributed by atoms with van der Waals surface area (Å²) in [6.07, 6.45) is 7.56. The molecule has 2 rings (SSSR count). The second kappa shape index (κ2) is 5.71. The van der Waals surface area contributed by atoms with Crippen LogP contribution < -0.4 is 5.32 Å². The van der Waals surface area contributed by atoms with Gasteiger partial charge in [0, 0.05) is 17.8 Å². The lowest BCUT2D eigenvalue weighted by Gasteiger charge is -2.45. The molecule has 0 radical (unpaired) electrons. The second-order valence-corrected chi connectivity index (χ2v) is 7.90. The minimum atomic E-state index is 0.401. The minimum absolute atomic E-state index is 0.401. The molecule has 20 heavy (non-hydrogen) atoms. The number of hydrogen-bond donors (Lipinski definition) is 1. The highest BCUT2D eigenvalue weighted by Gasteiger charge is 2.38. The summed E-state index contributed by atoms with van der Waals surface area (Å²) in [6.45, 7) is 11.7. The molecule has 0 aliphatic heterocycles. The smallest absolute Gasteiger partial charge is 0.129 e. The van der Waals surface area contributed by atoms with Crippen molar-refractivity contribution in [3.05, 3.63) is 18.1 Å². The van der Waals surface area contributed by atoms with Crippen LogP contribution in [-0.4, -0.2) is 16.0 Å². The summed E-state index contributed by atoms with van der Waals surface area (Å²) >= 11 is 0. The molecule has 1 heterocycles. The maximum atomic E-state index is 4.39. The molecule has 0 saturated heterocycles. The van der Waals surface area contributed by atoms with Crippen molar-refractivity contribution in [1.29, 1.82) is 0 Å². The number of aromatic nitrogens is 2. The highest BCUT2D eigenvalue weighted by molar-refractivity contribution is 5.36. The van der Waals surface area contributed by atoms with Gasteiger partial charge in [-0.2, -0.15) is 0 Å². The van der Waals surface area contributed by atoms with Crippen LogP contribution in [0.2, 0.25) is 0 Å². The lowest BCUT2D eigenvalue weighted by atomic mass is 9.63. The number of nitrogens with zero attached hydrogens (tertiary/aromatic N) is 2. The Labute approximate surface area is 123 Å². The molecule has 1 saturated carbocycles. The summed E-state index contributed by atoms with van der Waals surface area (Å²) in [6, 6.07) is 2.62. The fourth-order valence-electron chi connectivity index (χ4n) is 4.03. The molecule has 3 nitrogen and oxygen atoms in total. The Balaban J connectivity index is 2.07. The van der Waals surface area contributed by atoms with E-state index in [9.17, 15) is 0 Å². The highest BCUT2D eigenvalue weighted by atomic mass is 15.0. The SMILES string of the molecule is CCCc1cc(NC2CC(C)(C)CC(C)(C)C2)ncn1. The van der Waals surface area contributed by atoms with Crippen LogP contribution >= 0.6 is 0 Å². The first-order valence-electron chi connectivity index (χ1n) is 7.87. The van der Waals surface area contributed by atoms with Gasteiger partial charge in [-0.3, -0.25) is 0 Å². The van der Waals surface area contributed by atoms with Crippen LogP contribution in [-0.2, 0) is 6.42 Å². The number of rotatable bonds is 4. The predicted octanol–water partition coefficient (Wildman–Crippen LogP) is 4.45. The van der Waals surface area contributed by atoms with Crippen LogP contribution in [0.25, 0.3) is 0 Å². The molecular weight excluding hydrogens is 246 g/mol. The van der Waals surface area contributed by atoms with Crippen LogP contribution in [0.4, 0.5) is 5.82 Å². The molecule has 1 fully saturated rings. The summed E-state index contributed by atoms with van der Waals surface area (Å²) < 4.78 is 0. The zero-order valence-corrected chi connectivity index (χ0v) is 13.7. The number of anilines is 1. The number of nitrogens with one attached hydrogen (secondary N) is 1. The number of hydrogen-bond acceptors (Lipinski definition) is 3. The fraction of sp³-hybridized carbons (Fsp3) is 0.765. The van der Waals surface area contributed by atoms with Crippen molar-refractivity contribution in [2.24, 2.45) is 10.8 Å². The Morgan fingerprint density at radius 1 is 1.15 bits per heavy atom. The average molecular weight is 275 g/mol. The highest BCUT2D eigenvalue weighted by Crippen LogP contribution is 2.46. The molecule has 0 amide bonds. The quantitative estimate of drug-likeness (QED) is 0.882. The van der Waals surface area contributed by atoms with Crippen molar-refractivity contribution in [3.63, 3.8) is 0 Å². The average Bonchev–Trinajstić information content (AvgIpc) is 2.25. The van der Waals surface area contributed by atoms with Gasteiger partial charge in [0.1, 0.15) is 12.1 Å². The van der Waals surface area contributed by atoms with Gasteiger partial charge in [0.15, 0.2) is 0 Å². The molecule has 112 valence electrons. The summed E-state index contributed by atoms with van der Waals surface area (Å²) in [4.78, 5) is 8.72. The first-order chi connectivity index (χ1) is 9.30. The lowest BCUT2D eigenvalue weighted by molar-refractivity contribution is 0.105. The van der Waals surface area contributed by atoms with E-state index in [1.165, 1.54) is 19.3 Å².